The van der Waals surface area contributed by atoms with Crippen molar-refractivity contribution in [2.45, 2.75) is 57.2 Å². The van der Waals surface area contributed by atoms with Crippen molar-refractivity contribution in [2.75, 3.05) is 18.8 Å². The van der Waals surface area contributed by atoms with Crippen LogP contribution in [0.2, 0.25) is 0 Å². The monoisotopic (exact) mass is 415 g/mol. The van der Waals surface area contributed by atoms with E-state index in [1.54, 1.807) is 0 Å². The molecule has 7 heteroatoms. The standard InChI is InChI=1S/C22H33N5OS/c1-3-23-22(26-19-9-8-12-21(15-19)29(28)4-2)24-14-13-18-16-25-27(17-18)20-10-6-5-7-11-20/h5-7,10-11,16-17,19,21H,3-4,8-9,12-15H2,1-2H3,(H2,23,24,26). The molecule has 0 bridgehead atoms. The molecule has 0 saturated heterocycles. The van der Waals surface area contributed by atoms with Crippen molar-refractivity contribution in [3.05, 3.63) is 48.3 Å². The molecule has 3 atom stereocenters. The van der Waals surface area contributed by atoms with E-state index in [1.807, 2.05) is 48.1 Å². The highest BCUT2D eigenvalue weighted by atomic mass is 32.2. The second-order valence-corrected chi connectivity index (χ2v) is 9.44. The van der Waals surface area contributed by atoms with Gasteiger partial charge in [0.05, 0.1) is 11.9 Å². The van der Waals surface area contributed by atoms with Crippen molar-refractivity contribution >= 4 is 16.8 Å². The van der Waals surface area contributed by atoms with Crippen molar-refractivity contribution in [1.82, 2.24) is 20.4 Å². The average Bonchev–Trinajstić information content (AvgIpc) is 3.23. The zero-order chi connectivity index (χ0) is 20.5. The molecule has 1 aromatic carbocycles. The molecular weight excluding hydrogens is 382 g/mol. The summed E-state index contributed by atoms with van der Waals surface area (Å²) in [6, 6.07) is 10.5. The minimum atomic E-state index is -0.706. The van der Waals surface area contributed by atoms with Crippen molar-refractivity contribution in [3.63, 3.8) is 0 Å². The molecular formula is C22H33N5OS. The summed E-state index contributed by atoms with van der Waals surface area (Å²) < 4.78 is 14.1. The summed E-state index contributed by atoms with van der Waals surface area (Å²) >= 11 is 0. The number of aromatic nitrogens is 2. The van der Waals surface area contributed by atoms with Crippen LogP contribution in [0, 0.1) is 0 Å². The third kappa shape index (κ3) is 6.42. The van der Waals surface area contributed by atoms with Crippen LogP contribution in [0.4, 0.5) is 0 Å². The zero-order valence-corrected chi connectivity index (χ0v) is 18.3. The van der Waals surface area contributed by atoms with Gasteiger partial charge in [-0.2, -0.15) is 5.10 Å². The second kappa shape index (κ2) is 11.1. The molecule has 0 spiro atoms. The Morgan fingerprint density at radius 2 is 2.10 bits per heavy atom. The maximum absolute atomic E-state index is 12.2. The highest BCUT2D eigenvalue weighted by Gasteiger charge is 2.26. The number of hydrogen-bond acceptors (Lipinski definition) is 3. The van der Waals surface area contributed by atoms with Crippen LogP contribution in [-0.4, -0.2) is 50.1 Å². The molecule has 3 rings (SSSR count). The third-order valence-corrected chi connectivity index (χ3v) is 7.04. The Kier molecular flexibility index (Phi) is 8.28. The SMILES string of the molecule is CCNC(=NCCc1cnn(-c2ccccc2)c1)NC1CCCC(S(=O)CC)C1. The molecule has 1 saturated carbocycles. The van der Waals surface area contributed by atoms with E-state index in [-0.39, 0.29) is 0 Å². The Hall–Kier alpha value is -2.15. The van der Waals surface area contributed by atoms with Gasteiger partial charge in [-0.15, -0.1) is 0 Å². The highest BCUT2D eigenvalue weighted by molar-refractivity contribution is 7.85. The van der Waals surface area contributed by atoms with Crippen molar-refractivity contribution < 1.29 is 4.21 Å². The molecule has 2 aromatic rings. The Balaban J connectivity index is 1.54. The van der Waals surface area contributed by atoms with E-state index < -0.39 is 10.8 Å². The van der Waals surface area contributed by atoms with E-state index in [0.29, 0.717) is 17.8 Å². The Morgan fingerprint density at radius 1 is 1.28 bits per heavy atom. The lowest BCUT2D eigenvalue weighted by Gasteiger charge is -2.30. The fraction of sp³-hybridized carbons (Fsp3) is 0.545. The molecule has 1 aromatic heterocycles. The summed E-state index contributed by atoms with van der Waals surface area (Å²) in [6.07, 6.45) is 9.12. The summed E-state index contributed by atoms with van der Waals surface area (Å²) in [6.45, 7) is 5.62. The van der Waals surface area contributed by atoms with Crippen LogP contribution >= 0.6 is 0 Å². The molecule has 1 aliphatic carbocycles. The molecule has 29 heavy (non-hydrogen) atoms. The Morgan fingerprint density at radius 3 is 2.86 bits per heavy atom. The predicted molar refractivity (Wildman–Crippen MR) is 121 cm³/mol. The molecule has 1 aliphatic rings. The fourth-order valence-corrected chi connectivity index (χ4v) is 5.12. The van der Waals surface area contributed by atoms with Crippen molar-refractivity contribution in [2.24, 2.45) is 4.99 Å². The molecule has 1 heterocycles. The number of hydrogen-bond donors (Lipinski definition) is 2. The second-order valence-electron chi connectivity index (χ2n) is 7.44. The van der Waals surface area contributed by atoms with Gasteiger partial charge in [0.2, 0.25) is 0 Å². The van der Waals surface area contributed by atoms with Crippen LogP contribution in [-0.2, 0) is 17.2 Å². The summed E-state index contributed by atoms with van der Waals surface area (Å²) in [5, 5.41) is 11.7. The summed E-state index contributed by atoms with van der Waals surface area (Å²) in [5.41, 5.74) is 2.23. The van der Waals surface area contributed by atoms with E-state index in [4.69, 9.17) is 4.99 Å². The lowest BCUT2D eigenvalue weighted by Crippen LogP contribution is -2.46. The molecule has 3 unspecified atom stereocenters. The van der Waals surface area contributed by atoms with Gasteiger partial charge in [-0.05, 0) is 50.3 Å². The van der Waals surface area contributed by atoms with E-state index in [0.717, 1.165) is 56.0 Å². The normalized spacial score (nSPS) is 21.0. The number of nitrogens with zero attached hydrogens (tertiary/aromatic N) is 3. The first-order valence-corrected chi connectivity index (χ1v) is 12.1. The Labute approximate surface area is 176 Å². The van der Waals surface area contributed by atoms with Gasteiger partial charge < -0.3 is 10.6 Å². The van der Waals surface area contributed by atoms with Crippen LogP contribution in [0.25, 0.3) is 5.69 Å². The molecule has 158 valence electrons. The summed E-state index contributed by atoms with van der Waals surface area (Å²) in [7, 11) is -0.706. The largest absolute Gasteiger partial charge is 0.357 e. The number of aliphatic imine (C=N–C) groups is 1. The molecule has 0 amide bonds. The van der Waals surface area contributed by atoms with Crippen LogP contribution in [0.1, 0.15) is 45.1 Å². The topological polar surface area (TPSA) is 71.3 Å². The van der Waals surface area contributed by atoms with Gasteiger partial charge in [0.25, 0.3) is 0 Å². The highest BCUT2D eigenvalue weighted by Crippen LogP contribution is 2.23. The maximum atomic E-state index is 12.2. The van der Waals surface area contributed by atoms with Crippen LogP contribution in [0.5, 0.6) is 0 Å². The van der Waals surface area contributed by atoms with Crippen LogP contribution in [0.15, 0.2) is 47.7 Å². The van der Waals surface area contributed by atoms with Gasteiger partial charge in [0.1, 0.15) is 0 Å². The van der Waals surface area contributed by atoms with Crippen molar-refractivity contribution in [3.8, 4) is 5.69 Å². The number of rotatable bonds is 8. The van der Waals surface area contributed by atoms with E-state index in [2.05, 4.69) is 28.9 Å². The zero-order valence-electron chi connectivity index (χ0n) is 17.5. The first-order valence-electron chi connectivity index (χ1n) is 10.7. The van der Waals surface area contributed by atoms with E-state index >= 15 is 0 Å². The van der Waals surface area contributed by atoms with Crippen LogP contribution < -0.4 is 10.6 Å². The smallest absolute Gasteiger partial charge is 0.191 e. The van der Waals surface area contributed by atoms with Gasteiger partial charge in [-0.3, -0.25) is 9.20 Å². The molecule has 6 nitrogen and oxygen atoms in total. The minimum absolute atomic E-state index is 0.318. The lowest BCUT2D eigenvalue weighted by molar-refractivity contribution is 0.413. The number of nitrogens with one attached hydrogen (secondary N) is 2. The minimum Gasteiger partial charge on any atom is -0.357 e. The first kappa shape index (κ1) is 21.6. The van der Waals surface area contributed by atoms with E-state index in [9.17, 15) is 4.21 Å². The Bertz CT molecular complexity index is 805. The fourth-order valence-electron chi connectivity index (χ4n) is 3.77. The lowest BCUT2D eigenvalue weighted by atomic mass is 9.95. The molecule has 2 N–H and O–H groups in total. The number of guanidine groups is 1. The maximum Gasteiger partial charge on any atom is 0.191 e. The molecule has 0 aliphatic heterocycles. The predicted octanol–water partition coefficient (Wildman–Crippen LogP) is 3.05. The summed E-state index contributed by atoms with van der Waals surface area (Å²) in [5.74, 6) is 1.61. The van der Waals surface area contributed by atoms with Gasteiger partial charge in [-0.25, -0.2) is 4.68 Å². The van der Waals surface area contributed by atoms with E-state index in [1.165, 1.54) is 5.56 Å². The van der Waals surface area contributed by atoms with Gasteiger partial charge >= 0.3 is 0 Å². The first-order chi connectivity index (χ1) is 14.2. The number of benzene rings is 1. The molecule has 0 radical (unpaired) electrons. The van der Waals surface area contributed by atoms with Gasteiger partial charge in [0, 0.05) is 47.1 Å². The molecule has 1 fully saturated rings. The third-order valence-electron chi connectivity index (χ3n) is 5.29. The van der Waals surface area contributed by atoms with Crippen molar-refractivity contribution in [1.29, 1.82) is 0 Å². The van der Waals surface area contributed by atoms with Crippen LogP contribution in [0.3, 0.4) is 0 Å². The van der Waals surface area contributed by atoms with Gasteiger partial charge in [-0.1, -0.05) is 31.5 Å². The number of para-hydroxylation sites is 1. The quantitative estimate of drug-likeness (QED) is 0.513. The van der Waals surface area contributed by atoms with Gasteiger partial charge in [0.15, 0.2) is 5.96 Å². The summed E-state index contributed by atoms with van der Waals surface area (Å²) in [4.78, 5) is 4.76. The average molecular weight is 416 g/mol.